The van der Waals surface area contributed by atoms with Crippen molar-refractivity contribution in [1.29, 1.82) is 0 Å². The minimum atomic E-state index is -0.592. The molecule has 0 spiro atoms. The smallest absolute Gasteiger partial charge is 0.343 e. The van der Waals surface area contributed by atoms with E-state index in [1.54, 1.807) is 24.3 Å². The number of carbonyl (C=O) groups is 4. The molecule has 0 saturated carbocycles. The van der Waals surface area contributed by atoms with Crippen molar-refractivity contribution in [2.75, 3.05) is 0 Å². The standard InChI is InChI=1S/C23H16O6/c24-13-16-5-9-18(10-6-16)22(26)28-15-20-3-1-2-4-21(20)29-23(27)19-11-7-17(14-25)8-12-19/h1-14H,15H2. The van der Waals surface area contributed by atoms with Gasteiger partial charge >= 0.3 is 11.9 Å². The van der Waals surface area contributed by atoms with E-state index < -0.39 is 11.9 Å². The van der Waals surface area contributed by atoms with E-state index in [9.17, 15) is 19.2 Å². The second-order valence-corrected chi connectivity index (χ2v) is 6.05. The molecular formula is C23H16O6. The summed E-state index contributed by atoms with van der Waals surface area (Å²) in [4.78, 5) is 45.9. The molecule has 0 aromatic heterocycles. The highest BCUT2D eigenvalue weighted by Gasteiger charge is 2.14. The van der Waals surface area contributed by atoms with Crippen LogP contribution >= 0.6 is 0 Å². The van der Waals surface area contributed by atoms with Crippen molar-refractivity contribution in [3.05, 3.63) is 101 Å². The lowest BCUT2D eigenvalue weighted by atomic mass is 10.1. The van der Waals surface area contributed by atoms with Gasteiger partial charge in [0.1, 0.15) is 24.9 Å². The summed E-state index contributed by atoms with van der Waals surface area (Å²) in [6.07, 6.45) is 1.37. The molecule has 0 fully saturated rings. The molecule has 0 N–H and O–H groups in total. The fourth-order valence-electron chi connectivity index (χ4n) is 2.50. The molecule has 0 aliphatic carbocycles. The van der Waals surface area contributed by atoms with Crippen LogP contribution in [-0.4, -0.2) is 24.5 Å². The molecule has 6 heteroatoms. The van der Waals surface area contributed by atoms with Crippen LogP contribution in [0.15, 0.2) is 72.8 Å². The van der Waals surface area contributed by atoms with Crippen molar-refractivity contribution in [2.45, 2.75) is 6.61 Å². The van der Waals surface area contributed by atoms with Gasteiger partial charge in [0.2, 0.25) is 0 Å². The van der Waals surface area contributed by atoms with Crippen molar-refractivity contribution < 1.29 is 28.7 Å². The van der Waals surface area contributed by atoms with Crippen molar-refractivity contribution in [2.24, 2.45) is 0 Å². The van der Waals surface area contributed by atoms with Gasteiger partial charge in [0, 0.05) is 16.7 Å². The van der Waals surface area contributed by atoms with Gasteiger partial charge in [0.15, 0.2) is 0 Å². The Hall–Kier alpha value is -4.06. The molecule has 29 heavy (non-hydrogen) atoms. The summed E-state index contributed by atoms with van der Waals surface area (Å²) < 4.78 is 10.7. The Labute approximate surface area is 166 Å². The molecule has 3 rings (SSSR count). The second-order valence-electron chi connectivity index (χ2n) is 6.05. The number of aldehydes is 2. The van der Waals surface area contributed by atoms with E-state index in [1.807, 2.05) is 0 Å². The molecule has 3 aromatic rings. The highest BCUT2D eigenvalue weighted by atomic mass is 16.5. The summed E-state index contributed by atoms with van der Waals surface area (Å²) in [5.41, 5.74) is 2.02. The third kappa shape index (κ3) is 5.01. The van der Waals surface area contributed by atoms with Crippen molar-refractivity contribution in [3.8, 4) is 5.75 Å². The van der Waals surface area contributed by atoms with Gasteiger partial charge in [-0.25, -0.2) is 9.59 Å². The van der Waals surface area contributed by atoms with Gasteiger partial charge in [0.05, 0.1) is 11.1 Å². The van der Waals surface area contributed by atoms with Gasteiger partial charge in [-0.05, 0) is 30.3 Å². The van der Waals surface area contributed by atoms with E-state index in [0.717, 1.165) is 0 Å². The summed E-state index contributed by atoms with van der Waals surface area (Å²) in [5, 5.41) is 0. The Balaban J connectivity index is 1.67. The van der Waals surface area contributed by atoms with E-state index in [1.165, 1.54) is 48.5 Å². The van der Waals surface area contributed by atoms with E-state index in [4.69, 9.17) is 9.47 Å². The number of rotatable bonds is 7. The Kier molecular flexibility index (Phi) is 6.27. The number of ether oxygens (including phenoxy) is 2. The van der Waals surface area contributed by atoms with Gasteiger partial charge in [-0.2, -0.15) is 0 Å². The average Bonchev–Trinajstić information content (AvgIpc) is 2.78. The quantitative estimate of drug-likeness (QED) is 0.347. The second kappa shape index (κ2) is 9.23. The van der Waals surface area contributed by atoms with Crippen LogP contribution in [0.25, 0.3) is 0 Å². The first-order valence-corrected chi connectivity index (χ1v) is 8.68. The summed E-state index contributed by atoms with van der Waals surface area (Å²) in [7, 11) is 0. The normalized spacial score (nSPS) is 10.1. The van der Waals surface area contributed by atoms with Crippen LogP contribution < -0.4 is 4.74 Å². The van der Waals surface area contributed by atoms with Gasteiger partial charge in [-0.15, -0.1) is 0 Å². The zero-order chi connectivity index (χ0) is 20.6. The predicted molar refractivity (Wildman–Crippen MR) is 104 cm³/mol. The largest absolute Gasteiger partial charge is 0.457 e. The van der Waals surface area contributed by atoms with E-state index >= 15 is 0 Å². The average molecular weight is 388 g/mol. The monoisotopic (exact) mass is 388 g/mol. The number of benzene rings is 3. The van der Waals surface area contributed by atoms with Gasteiger partial charge in [-0.1, -0.05) is 42.5 Å². The molecule has 0 bridgehead atoms. The van der Waals surface area contributed by atoms with Crippen LogP contribution in [0.5, 0.6) is 5.75 Å². The molecule has 0 heterocycles. The summed E-state index contributed by atoms with van der Waals surface area (Å²) in [6, 6.07) is 18.8. The SMILES string of the molecule is O=Cc1ccc(C(=O)OCc2ccccc2OC(=O)c2ccc(C=O)cc2)cc1. The molecular weight excluding hydrogens is 372 g/mol. The van der Waals surface area contributed by atoms with Gasteiger partial charge in [0.25, 0.3) is 0 Å². The molecule has 0 saturated heterocycles. The van der Waals surface area contributed by atoms with Gasteiger partial charge in [-0.3, -0.25) is 9.59 Å². The lowest BCUT2D eigenvalue weighted by molar-refractivity contribution is 0.0469. The summed E-state index contributed by atoms with van der Waals surface area (Å²) >= 11 is 0. The van der Waals surface area contributed by atoms with Crippen molar-refractivity contribution in [1.82, 2.24) is 0 Å². The van der Waals surface area contributed by atoms with Gasteiger partial charge < -0.3 is 9.47 Å². The zero-order valence-corrected chi connectivity index (χ0v) is 15.2. The highest BCUT2D eigenvalue weighted by molar-refractivity contribution is 5.92. The summed E-state index contributed by atoms with van der Waals surface area (Å²) in [6.45, 7) is -0.0954. The Morgan fingerprint density at radius 1 is 0.690 bits per heavy atom. The van der Waals surface area contributed by atoms with Crippen LogP contribution in [0, 0.1) is 0 Å². The first-order valence-electron chi connectivity index (χ1n) is 8.68. The fraction of sp³-hybridized carbons (Fsp3) is 0.0435. The minimum absolute atomic E-state index is 0.0954. The Morgan fingerprint density at radius 3 is 1.76 bits per heavy atom. The number of esters is 2. The molecule has 0 atom stereocenters. The molecule has 3 aromatic carbocycles. The third-order valence-electron chi connectivity index (χ3n) is 4.10. The van der Waals surface area contributed by atoms with Crippen molar-refractivity contribution >= 4 is 24.5 Å². The Morgan fingerprint density at radius 2 is 1.21 bits per heavy atom. The van der Waals surface area contributed by atoms with Crippen LogP contribution in [0.3, 0.4) is 0 Å². The summed E-state index contributed by atoms with van der Waals surface area (Å²) in [5.74, 6) is -0.889. The number of hydrogen-bond donors (Lipinski definition) is 0. The van der Waals surface area contributed by atoms with Crippen molar-refractivity contribution in [3.63, 3.8) is 0 Å². The van der Waals surface area contributed by atoms with Crippen LogP contribution in [0.1, 0.15) is 47.0 Å². The van der Waals surface area contributed by atoms with Crippen LogP contribution in [0.4, 0.5) is 0 Å². The molecule has 0 aliphatic heterocycles. The third-order valence-corrected chi connectivity index (χ3v) is 4.10. The first kappa shape index (κ1) is 19.7. The lowest BCUT2D eigenvalue weighted by Crippen LogP contribution is -2.11. The number of carbonyl (C=O) groups excluding carboxylic acids is 4. The van der Waals surface area contributed by atoms with Crippen LogP contribution in [0.2, 0.25) is 0 Å². The lowest BCUT2D eigenvalue weighted by Gasteiger charge is -2.11. The minimum Gasteiger partial charge on any atom is -0.457 e. The molecule has 144 valence electrons. The molecule has 0 unspecified atom stereocenters. The first-order chi connectivity index (χ1) is 14.1. The van der Waals surface area contributed by atoms with E-state index in [0.29, 0.717) is 34.8 Å². The Bertz CT molecular complexity index is 1040. The predicted octanol–water partition coefficient (Wildman–Crippen LogP) is 3.89. The van der Waals surface area contributed by atoms with E-state index in [-0.39, 0.29) is 17.9 Å². The molecule has 6 nitrogen and oxygen atoms in total. The fourth-order valence-corrected chi connectivity index (χ4v) is 2.50. The maximum absolute atomic E-state index is 12.3. The van der Waals surface area contributed by atoms with E-state index in [2.05, 4.69) is 0 Å². The topological polar surface area (TPSA) is 86.7 Å². The van der Waals surface area contributed by atoms with Crippen LogP contribution in [-0.2, 0) is 11.3 Å². The number of hydrogen-bond acceptors (Lipinski definition) is 6. The highest BCUT2D eigenvalue weighted by Crippen LogP contribution is 2.21. The maximum atomic E-state index is 12.3. The maximum Gasteiger partial charge on any atom is 0.343 e. The molecule has 0 radical (unpaired) electrons. The molecule has 0 amide bonds. The zero-order valence-electron chi connectivity index (χ0n) is 15.2. The number of para-hydroxylation sites is 1. The molecule has 0 aliphatic rings.